The number of fused-ring (bicyclic) bond motifs is 1. The topological polar surface area (TPSA) is 23.5 Å². The predicted octanol–water partition coefficient (Wildman–Crippen LogP) is 1.97. The third-order valence-electron chi connectivity index (χ3n) is 2.75. The third kappa shape index (κ3) is 2.14. The molecule has 1 aliphatic heterocycles. The standard InChI is InChI=1S/C11H12F3NO/c12-11(13,14)10(16)7-15-6-5-8-3-1-2-4-9(8)15/h1-4,10,16H,5-7H2. The summed E-state index contributed by atoms with van der Waals surface area (Å²) in [7, 11) is 0. The zero-order valence-electron chi connectivity index (χ0n) is 8.54. The Morgan fingerprint density at radius 2 is 2.00 bits per heavy atom. The smallest absolute Gasteiger partial charge is 0.382 e. The maximum Gasteiger partial charge on any atom is 0.416 e. The fraction of sp³-hybridized carbons (Fsp3) is 0.455. The average Bonchev–Trinajstić information content (AvgIpc) is 2.61. The first-order valence-corrected chi connectivity index (χ1v) is 5.06. The van der Waals surface area contributed by atoms with Gasteiger partial charge in [0.05, 0.1) is 6.54 Å². The van der Waals surface area contributed by atoms with Crippen LogP contribution in [0.4, 0.5) is 18.9 Å². The molecule has 1 aromatic rings. The van der Waals surface area contributed by atoms with Crippen LogP contribution in [-0.2, 0) is 6.42 Å². The first-order chi connectivity index (χ1) is 7.48. The van der Waals surface area contributed by atoms with Crippen molar-refractivity contribution >= 4 is 5.69 Å². The Hall–Kier alpha value is -1.23. The Morgan fingerprint density at radius 1 is 1.31 bits per heavy atom. The van der Waals surface area contributed by atoms with Crippen molar-refractivity contribution in [3.63, 3.8) is 0 Å². The van der Waals surface area contributed by atoms with Crippen LogP contribution < -0.4 is 4.90 Å². The number of para-hydroxylation sites is 1. The van der Waals surface area contributed by atoms with Gasteiger partial charge in [0.2, 0.25) is 0 Å². The average molecular weight is 231 g/mol. The highest BCUT2D eigenvalue weighted by molar-refractivity contribution is 5.57. The van der Waals surface area contributed by atoms with Crippen LogP contribution in [0.5, 0.6) is 0 Å². The molecule has 2 nitrogen and oxygen atoms in total. The van der Waals surface area contributed by atoms with Crippen molar-refractivity contribution in [3.05, 3.63) is 29.8 Å². The van der Waals surface area contributed by atoms with E-state index in [1.807, 2.05) is 12.1 Å². The van der Waals surface area contributed by atoms with Crippen LogP contribution in [0.2, 0.25) is 0 Å². The van der Waals surface area contributed by atoms with Gasteiger partial charge >= 0.3 is 6.18 Å². The van der Waals surface area contributed by atoms with E-state index in [1.54, 1.807) is 17.0 Å². The molecule has 1 heterocycles. The molecule has 5 heteroatoms. The Bertz CT molecular complexity index is 378. The van der Waals surface area contributed by atoms with Crippen molar-refractivity contribution in [2.24, 2.45) is 0 Å². The number of β-amino-alcohol motifs (C(OH)–C–C–N with tert-alkyl or cyclic N) is 1. The molecule has 0 saturated carbocycles. The second kappa shape index (κ2) is 3.97. The SMILES string of the molecule is OC(CN1CCc2ccccc21)C(F)(F)F. The number of benzene rings is 1. The lowest BCUT2D eigenvalue weighted by Gasteiger charge is -2.24. The number of rotatable bonds is 2. The minimum absolute atomic E-state index is 0.388. The molecular weight excluding hydrogens is 219 g/mol. The quantitative estimate of drug-likeness (QED) is 0.841. The molecule has 2 rings (SSSR count). The lowest BCUT2D eigenvalue weighted by atomic mass is 10.2. The Morgan fingerprint density at radius 3 is 2.69 bits per heavy atom. The highest BCUT2D eigenvalue weighted by Gasteiger charge is 2.39. The predicted molar refractivity (Wildman–Crippen MR) is 54.4 cm³/mol. The first-order valence-electron chi connectivity index (χ1n) is 5.06. The van der Waals surface area contributed by atoms with Gasteiger partial charge in [-0.25, -0.2) is 0 Å². The third-order valence-corrected chi connectivity index (χ3v) is 2.75. The molecule has 1 atom stereocenters. The summed E-state index contributed by atoms with van der Waals surface area (Å²) in [4.78, 5) is 1.58. The fourth-order valence-electron chi connectivity index (χ4n) is 1.91. The van der Waals surface area contributed by atoms with Gasteiger partial charge in [-0.15, -0.1) is 0 Å². The zero-order chi connectivity index (χ0) is 11.8. The number of alkyl halides is 3. The molecule has 1 aliphatic rings. The second-order valence-corrected chi connectivity index (χ2v) is 3.88. The minimum Gasteiger partial charge on any atom is -0.382 e. The zero-order valence-corrected chi connectivity index (χ0v) is 8.54. The Kier molecular flexibility index (Phi) is 2.80. The maximum absolute atomic E-state index is 12.2. The van der Waals surface area contributed by atoms with Gasteiger partial charge in [0.1, 0.15) is 0 Å². The molecule has 1 N–H and O–H groups in total. The van der Waals surface area contributed by atoms with Crippen molar-refractivity contribution in [1.29, 1.82) is 0 Å². The summed E-state index contributed by atoms with van der Waals surface area (Å²) in [6.45, 7) is 0.146. The van der Waals surface area contributed by atoms with E-state index in [1.165, 1.54) is 0 Å². The van der Waals surface area contributed by atoms with Crippen LogP contribution in [0.25, 0.3) is 0 Å². The van der Waals surface area contributed by atoms with Gasteiger partial charge in [-0.05, 0) is 18.1 Å². The van der Waals surface area contributed by atoms with E-state index in [0.717, 1.165) is 17.7 Å². The van der Waals surface area contributed by atoms with Gasteiger partial charge in [-0.3, -0.25) is 0 Å². The molecule has 0 bridgehead atoms. The van der Waals surface area contributed by atoms with Crippen molar-refractivity contribution in [1.82, 2.24) is 0 Å². The fourth-order valence-corrected chi connectivity index (χ4v) is 1.91. The van der Waals surface area contributed by atoms with Crippen LogP contribution in [0.3, 0.4) is 0 Å². The summed E-state index contributed by atoms with van der Waals surface area (Å²) in [6.07, 6.45) is -6.09. The van der Waals surface area contributed by atoms with E-state index < -0.39 is 12.3 Å². The molecule has 16 heavy (non-hydrogen) atoms. The number of hydrogen-bond acceptors (Lipinski definition) is 2. The van der Waals surface area contributed by atoms with E-state index in [2.05, 4.69) is 0 Å². The summed E-state index contributed by atoms with van der Waals surface area (Å²) in [5.74, 6) is 0. The van der Waals surface area contributed by atoms with E-state index in [0.29, 0.717) is 6.54 Å². The van der Waals surface area contributed by atoms with Gasteiger partial charge in [0.15, 0.2) is 6.10 Å². The van der Waals surface area contributed by atoms with Crippen molar-refractivity contribution in [3.8, 4) is 0 Å². The monoisotopic (exact) mass is 231 g/mol. The Balaban J connectivity index is 2.09. The molecule has 88 valence electrons. The first kappa shape index (κ1) is 11.3. The van der Waals surface area contributed by atoms with Crippen LogP contribution in [0.1, 0.15) is 5.56 Å². The molecule has 0 saturated heterocycles. The number of halogens is 3. The highest BCUT2D eigenvalue weighted by atomic mass is 19.4. The van der Waals surface area contributed by atoms with E-state index in [4.69, 9.17) is 5.11 Å². The normalized spacial score (nSPS) is 17.4. The van der Waals surface area contributed by atoms with E-state index in [-0.39, 0.29) is 6.54 Å². The Labute approximate surface area is 91.3 Å². The van der Waals surface area contributed by atoms with Crippen molar-refractivity contribution in [2.75, 3.05) is 18.0 Å². The second-order valence-electron chi connectivity index (χ2n) is 3.88. The van der Waals surface area contributed by atoms with Gasteiger partial charge < -0.3 is 10.0 Å². The summed E-state index contributed by atoms with van der Waals surface area (Å²) in [5, 5.41) is 9.01. The van der Waals surface area contributed by atoms with Gasteiger partial charge in [0, 0.05) is 12.2 Å². The van der Waals surface area contributed by atoms with Crippen LogP contribution in [0.15, 0.2) is 24.3 Å². The molecule has 0 spiro atoms. The molecule has 1 unspecified atom stereocenters. The van der Waals surface area contributed by atoms with Gasteiger partial charge in [-0.2, -0.15) is 13.2 Å². The molecule has 1 aromatic carbocycles. The number of anilines is 1. The van der Waals surface area contributed by atoms with Crippen molar-refractivity contribution < 1.29 is 18.3 Å². The number of aliphatic hydroxyl groups is 1. The van der Waals surface area contributed by atoms with E-state index in [9.17, 15) is 13.2 Å². The van der Waals surface area contributed by atoms with Crippen LogP contribution >= 0.6 is 0 Å². The van der Waals surface area contributed by atoms with Crippen molar-refractivity contribution in [2.45, 2.75) is 18.7 Å². The highest BCUT2D eigenvalue weighted by Crippen LogP contribution is 2.29. The lowest BCUT2D eigenvalue weighted by molar-refractivity contribution is -0.200. The van der Waals surface area contributed by atoms with E-state index >= 15 is 0 Å². The van der Waals surface area contributed by atoms with Gasteiger partial charge in [-0.1, -0.05) is 18.2 Å². The minimum atomic E-state index is -4.54. The number of nitrogens with zero attached hydrogens (tertiary/aromatic N) is 1. The van der Waals surface area contributed by atoms with Crippen LogP contribution in [0, 0.1) is 0 Å². The molecule has 0 aliphatic carbocycles. The molecular formula is C11H12F3NO. The molecule has 0 amide bonds. The maximum atomic E-state index is 12.2. The lowest BCUT2D eigenvalue weighted by Crippen LogP contribution is -2.40. The number of hydrogen-bond donors (Lipinski definition) is 1. The van der Waals surface area contributed by atoms with Gasteiger partial charge in [0.25, 0.3) is 0 Å². The van der Waals surface area contributed by atoms with Crippen LogP contribution in [-0.4, -0.2) is 30.5 Å². The molecule has 0 radical (unpaired) electrons. The summed E-state index contributed by atoms with van der Waals surface area (Å²) >= 11 is 0. The summed E-state index contributed by atoms with van der Waals surface area (Å²) < 4.78 is 36.6. The molecule has 0 fully saturated rings. The largest absolute Gasteiger partial charge is 0.416 e. The molecule has 0 aromatic heterocycles. The summed E-state index contributed by atoms with van der Waals surface area (Å²) in [5.41, 5.74) is 1.84. The number of aliphatic hydroxyl groups excluding tert-OH is 1. The summed E-state index contributed by atoms with van der Waals surface area (Å²) in [6, 6.07) is 7.33.